The van der Waals surface area contributed by atoms with Gasteiger partial charge in [0.15, 0.2) is 19.3 Å². The summed E-state index contributed by atoms with van der Waals surface area (Å²) in [6.07, 6.45) is -18.4. The van der Waals surface area contributed by atoms with E-state index in [1.807, 2.05) is 91.0 Å². The van der Waals surface area contributed by atoms with Crippen LogP contribution in [0.3, 0.4) is 0 Å². The van der Waals surface area contributed by atoms with Crippen molar-refractivity contribution < 1.29 is 90.5 Å². The summed E-state index contributed by atoms with van der Waals surface area (Å²) in [5, 5.41) is 18.9. The predicted octanol–water partition coefficient (Wildman–Crippen LogP) is 4.55. The Kier molecular flexibility index (Phi) is 12.2. The number of aliphatic hydroxyl groups excluding tert-OH is 2. The van der Waals surface area contributed by atoms with Crippen LogP contribution in [0.15, 0.2) is 91.0 Å². The van der Waals surface area contributed by atoms with Gasteiger partial charge in [-0.3, -0.25) is 0 Å². The van der Waals surface area contributed by atoms with E-state index in [0.29, 0.717) is 0 Å². The van der Waals surface area contributed by atoms with E-state index in [4.69, 9.17) is 10.2 Å². The number of aliphatic hydroxyl groups is 2. The molecule has 0 fully saturated rings. The molecule has 34 heavy (non-hydrogen) atoms. The molecule has 0 spiro atoms. The van der Waals surface area contributed by atoms with Gasteiger partial charge in [0.1, 0.15) is 0 Å². The Morgan fingerprint density at radius 1 is 0.588 bits per heavy atom. The SMILES string of the molecule is O=P(c1ccccc1)(c1ccccc1)c1ccccc1.OC(CC(O)C(F)(F)F)C(F)(F)F.[Eu]. The molecular formula is C23H21EuF6O3P. The van der Waals surface area contributed by atoms with E-state index in [1.165, 1.54) is 0 Å². The van der Waals surface area contributed by atoms with Crippen molar-refractivity contribution in [1.82, 2.24) is 0 Å². The second kappa shape index (κ2) is 13.3. The summed E-state index contributed by atoms with van der Waals surface area (Å²) in [6.45, 7) is 0. The first-order chi connectivity index (χ1) is 15.4. The van der Waals surface area contributed by atoms with Crippen LogP contribution < -0.4 is 15.9 Å². The van der Waals surface area contributed by atoms with Crippen LogP contribution in [0.2, 0.25) is 0 Å². The van der Waals surface area contributed by atoms with Crippen LogP contribution in [0.5, 0.6) is 0 Å². The van der Waals surface area contributed by atoms with Gasteiger partial charge < -0.3 is 14.8 Å². The summed E-state index contributed by atoms with van der Waals surface area (Å²) in [7, 11) is -2.78. The van der Waals surface area contributed by atoms with E-state index in [0.717, 1.165) is 15.9 Å². The number of benzene rings is 3. The summed E-state index contributed by atoms with van der Waals surface area (Å²) in [5.41, 5.74) is 0. The van der Waals surface area contributed by atoms with Crippen molar-refractivity contribution in [3.63, 3.8) is 0 Å². The van der Waals surface area contributed by atoms with Gasteiger partial charge in [-0.25, -0.2) is 0 Å². The second-order valence-corrected chi connectivity index (χ2v) is 9.73. The maximum Gasteiger partial charge on any atom is 0.414 e. The zero-order chi connectivity index (χ0) is 24.7. The van der Waals surface area contributed by atoms with Gasteiger partial charge in [0.2, 0.25) is 0 Å². The summed E-state index contributed by atoms with van der Waals surface area (Å²) >= 11 is 0. The number of halogens is 6. The van der Waals surface area contributed by atoms with E-state index in [2.05, 4.69) is 0 Å². The van der Waals surface area contributed by atoms with Crippen LogP contribution in [0.25, 0.3) is 0 Å². The van der Waals surface area contributed by atoms with E-state index >= 15 is 0 Å². The predicted molar refractivity (Wildman–Crippen MR) is 115 cm³/mol. The molecule has 2 atom stereocenters. The third-order valence-electron chi connectivity index (χ3n) is 4.56. The van der Waals surface area contributed by atoms with Crippen molar-refractivity contribution >= 4 is 23.1 Å². The molecular weight excluding hydrogens is 621 g/mol. The molecule has 0 saturated heterocycles. The fourth-order valence-electron chi connectivity index (χ4n) is 2.84. The van der Waals surface area contributed by atoms with Crippen molar-refractivity contribution in [2.45, 2.75) is 31.0 Å². The van der Waals surface area contributed by atoms with Gasteiger partial charge in [-0.05, 0) is 0 Å². The molecule has 0 heterocycles. The summed E-state index contributed by atoms with van der Waals surface area (Å²) in [4.78, 5) is 0. The molecule has 1 radical (unpaired) electrons. The minimum Gasteiger partial charge on any atom is -0.384 e. The van der Waals surface area contributed by atoms with Gasteiger partial charge in [0.25, 0.3) is 0 Å². The molecule has 3 aromatic carbocycles. The van der Waals surface area contributed by atoms with Gasteiger partial charge in [0, 0.05) is 71.7 Å². The molecule has 11 heteroatoms. The largest absolute Gasteiger partial charge is 0.414 e. The summed E-state index contributed by atoms with van der Waals surface area (Å²) in [5.74, 6) is 0. The van der Waals surface area contributed by atoms with Gasteiger partial charge in [-0.1, -0.05) is 91.0 Å². The number of alkyl halides is 6. The van der Waals surface area contributed by atoms with Gasteiger partial charge in [-0.2, -0.15) is 26.3 Å². The molecule has 3 rings (SSSR count). The van der Waals surface area contributed by atoms with Crippen LogP contribution in [0.4, 0.5) is 26.3 Å². The molecule has 0 aliphatic rings. The Balaban J connectivity index is 0.000000364. The van der Waals surface area contributed by atoms with Crippen molar-refractivity contribution in [3.05, 3.63) is 91.0 Å². The minimum atomic E-state index is -5.15. The maximum atomic E-state index is 13.8. The van der Waals surface area contributed by atoms with Crippen LogP contribution in [-0.4, -0.2) is 34.8 Å². The first kappa shape index (κ1) is 31.0. The van der Waals surface area contributed by atoms with E-state index in [9.17, 15) is 30.9 Å². The fourth-order valence-corrected chi connectivity index (χ4v) is 5.51. The molecule has 3 aromatic rings. The first-order valence-corrected chi connectivity index (χ1v) is 11.3. The van der Waals surface area contributed by atoms with Crippen molar-refractivity contribution in [1.29, 1.82) is 0 Å². The van der Waals surface area contributed by atoms with Crippen LogP contribution in [0.1, 0.15) is 6.42 Å². The minimum absolute atomic E-state index is 0. The van der Waals surface area contributed by atoms with Gasteiger partial charge in [-0.15, -0.1) is 0 Å². The van der Waals surface area contributed by atoms with Crippen molar-refractivity contribution in [3.8, 4) is 0 Å². The molecule has 0 aliphatic heterocycles. The first-order valence-electron chi connectivity index (χ1n) is 9.63. The Bertz CT molecular complexity index is 910. The zero-order valence-corrected chi connectivity index (χ0v) is 20.7. The van der Waals surface area contributed by atoms with E-state index in [1.54, 1.807) is 0 Å². The number of rotatable bonds is 5. The molecule has 2 unspecified atom stereocenters. The van der Waals surface area contributed by atoms with E-state index < -0.39 is 38.1 Å². The molecule has 0 aliphatic carbocycles. The molecule has 0 amide bonds. The van der Waals surface area contributed by atoms with Gasteiger partial charge >= 0.3 is 12.4 Å². The van der Waals surface area contributed by atoms with Crippen molar-refractivity contribution in [2.75, 3.05) is 0 Å². The molecule has 0 saturated carbocycles. The molecule has 0 bridgehead atoms. The third-order valence-corrected chi connectivity index (χ3v) is 7.64. The van der Waals surface area contributed by atoms with Crippen LogP contribution >= 0.6 is 7.14 Å². The molecule has 3 nitrogen and oxygen atoms in total. The van der Waals surface area contributed by atoms with Crippen molar-refractivity contribution in [2.24, 2.45) is 0 Å². The normalized spacial score (nSPS) is 13.6. The van der Waals surface area contributed by atoms with Crippen LogP contribution in [0, 0.1) is 49.4 Å². The number of hydrogen-bond acceptors (Lipinski definition) is 3. The molecule has 0 aromatic heterocycles. The Hall–Kier alpha value is -1.03. The quantitative estimate of drug-likeness (QED) is 0.318. The Labute approximate surface area is 233 Å². The Morgan fingerprint density at radius 3 is 1.03 bits per heavy atom. The zero-order valence-electron chi connectivity index (χ0n) is 17.4. The molecule has 2 N–H and O–H groups in total. The van der Waals surface area contributed by atoms with E-state index in [-0.39, 0.29) is 49.4 Å². The third kappa shape index (κ3) is 8.57. The second-order valence-electron chi connectivity index (χ2n) is 6.97. The average Bonchev–Trinajstić information content (AvgIpc) is 2.79. The number of hydrogen-bond donors (Lipinski definition) is 2. The standard InChI is InChI=1S/C18H15OP.C5H6F6O2.Eu/c19-20(16-10-4-1-5-11-16,17-12-6-2-7-13-17)18-14-8-3-9-15-18;6-4(7,8)2(12)1-3(13)5(9,10)11;/h1-15H;2-3,12-13H,1H2;. The monoisotopic (exact) mass is 643 g/mol. The summed E-state index contributed by atoms with van der Waals surface area (Å²) < 4.78 is 82.6. The van der Waals surface area contributed by atoms with Gasteiger partial charge in [0.05, 0.1) is 0 Å². The fraction of sp³-hybridized carbons (Fsp3) is 0.217. The maximum absolute atomic E-state index is 13.8. The Morgan fingerprint density at radius 2 is 0.824 bits per heavy atom. The summed E-state index contributed by atoms with van der Waals surface area (Å²) in [6, 6.07) is 29.1. The smallest absolute Gasteiger partial charge is 0.384 e. The topological polar surface area (TPSA) is 57.5 Å². The van der Waals surface area contributed by atoms with Crippen LogP contribution in [-0.2, 0) is 4.57 Å². The average molecular weight is 642 g/mol. The molecule has 185 valence electrons.